The molecule has 0 spiro atoms. The number of rotatable bonds is 6. The fraction of sp³-hybridized carbons (Fsp3) is 0.318. The molecule has 0 saturated heterocycles. The van der Waals surface area contributed by atoms with E-state index in [1.165, 1.54) is 0 Å². The van der Waals surface area contributed by atoms with Crippen LogP contribution in [0.1, 0.15) is 54.2 Å². The monoisotopic (exact) mass is 380 g/mol. The quantitative estimate of drug-likeness (QED) is 0.753. The fourth-order valence-corrected chi connectivity index (χ4v) is 3.18. The lowest BCUT2D eigenvalue weighted by molar-refractivity contribution is -0.148. The van der Waals surface area contributed by atoms with Crippen molar-refractivity contribution in [2.24, 2.45) is 0 Å². The van der Waals surface area contributed by atoms with Crippen molar-refractivity contribution in [2.45, 2.75) is 45.3 Å². The van der Waals surface area contributed by atoms with E-state index >= 15 is 0 Å². The molecule has 3 rings (SSSR count). The average Bonchev–Trinajstić information content (AvgIpc) is 2.67. The molecule has 0 aliphatic carbocycles. The third-order valence-electron chi connectivity index (χ3n) is 4.51. The van der Waals surface area contributed by atoms with Crippen molar-refractivity contribution in [3.63, 3.8) is 0 Å². The molecule has 6 heteroatoms. The molecule has 0 aromatic heterocycles. The summed E-state index contributed by atoms with van der Waals surface area (Å²) in [7, 11) is 0. The molecule has 1 aliphatic heterocycles. The molecular formula is C22H24N2O4. The molecule has 6 nitrogen and oxygen atoms in total. The SMILES string of the molecule is CC(C)OC(=O)C[C@@H](NC(=O)c1ccc2c(c1)CCC(=O)N2)c1ccccc1. The molecule has 2 amide bonds. The molecule has 1 aliphatic rings. The Morgan fingerprint density at radius 3 is 2.57 bits per heavy atom. The predicted molar refractivity (Wildman–Crippen MR) is 106 cm³/mol. The number of anilines is 1. The average molecular weight is 380 g/mol. The summed E-state index contributed by atoms with van der Waals surface area (Å²) in [6, 6.07) is 14.1. The standard InChI is InChI=1S/C22H24N2O4/c1-14(2)28-21(26)13-19(15-6-4-3-5-7-15)24-22(27)17-8-10-18-16(12-17)9-11-20(25)23-18/h3-8,10,12,14,19H,9,11,13H2,1-2H3,(H,23,25)(H,24,27)/t19-/m1/s1. The van der Waals surface area contributed by atoms with Gasteiger partial charge in [-0.15, -0.1) is 0 Å². The fourth-order valence-electron chi connectivity index (χ4n) is 3.18. The van der Waals surface area contributed by atoms with E-state index in [-0.39, 0.29) is 30.3 Å². The summed E-state index contributed by atoms with van der Waals surface area (Å²) in [6.45, 7) is 3.58. The Labute approximate surface area is 164 Å². The highest BCUT2D eigenvalue weighted by atomic mass is 16.5. The number of nitrogens with one attached hydrogen (secondary N) is 2. The Morgan fingerprint density at radius 1 is 1.11 bits per heavy atom. The van der Waals surface area contributed by atoms with Gasteiger partial charge in [-0.3, -0.25) is 14.4 Å². The Kier molecular flexibility index (Phi) is 6.09. The molecule has 0 bridgehead atoms. The first-order valence-electron chi connectivity index (χ1n) is 9.40. The number of carbonyl (C=O) groups excluding carboxylic acids is 3. The highest BCUT2D eigenvalue weighted by molar-refractivity contribution is 5.98. The highest BCUT2D eigenvalue weighted by Gasteiger charge is 2.22. The summed E-state index contributed by atoms with van der Waals surface area (Å²) < 4.78 is 5.24. The van der Waals surface area contributed by atoms with Gasteiger partial charge in [-0.25, -0.2) is 0 Å². The van der Waals surface area contributed by atoms with Crippen molar-refractivity contribution in [3.8, 4) is 0 Å². The second kappa shape index (κ2) is 8.69. The molecule has 146 valence electrons. The first-order chi connectivity index (χ1) is 13.4. The number of hydrogen-bond acceptors (Lipinski definition) is 4. The summed E-state index contributed by atoms with van der Waals surface area (Å²) in [5.41, 5.74) is 3.01. The molecule has 2 aromatic carbocycles. The van der Waals surface area contributed by atoms with Crippen LogP contribution in [0.5, 0.6) is 0 Å². The second-order valence-electron chi connectivity index (χ2n) is 7.10. The van der Waals surface area contributed by atoms with E-state index in [9.17, 15) is 14.4 Å². The van der Waals surface area contributed by atoms with E-state index < -0.39 is 6.04 Å². The van der Waals surface area contributed by atoms with Gasteiger partial charge in [-0.2, -0.15) is 0 Å². The van der Waals surface area contributed by atoms with E-state index in [1.54, 1.807) is 32.0 Å². The van der Waals surface area contributed by atoms with Gasteiger partial charge in [0, 0.05) is 17.7 Å². The van der Waals surface area contributed by atoms with Crippen molar-refractivity contribution in [1.29, 1.82) is 0 Å². The molecule has 2 aromatic rings. The molecule has 1 atom stereocenters. The van der Waals surface area contributed by atoms with Crippen LogP contribution in [0.25, 0.3) is 0 Å². The third-order valence-corrected chi connectivity index (χ3v) is 4.51. The first-order valence-corrected chi connectivity index (χ1v) is 9.40. The van der Waals surface area contributed by atoms with Gasteiger partial charge in [-0.05, 0) is 49.6 Å². The zero-order chi connectivity index (χ0) is 20.1. The van der Waals surface area contributed by atoms with Crippen LogP contribution in [0.2, 0.25) is 0 Å². The number of aryl methyl sites for hydroxylation is 1. The smallest absolute Gasteiger partial charge is 0.308 e. The largest absolute Gasteiger partial charge is 0.463 e. The van der Waals surface area contributed by atoms with Gasteiger partial charge in [0.05, 0.1) is 18.6 Å². The van der Waals surface area contributed by atoms with Gasteiger partial charge in [0.1, 0.15) is 0 Å². The summed E-state index contributed by atoms with van der Waals surface area (Å²) >= 11 is 0. The van der Waals surface area contributed by atoms with Gasteiger partial charge in [-0.1, -0.05) is 30.3 Å². The molecule has 0 unspecified atom stereocenters. The van der Waals surface area contributed by atoms with E-state index in [0.717, 1.165) is 16.8 Å². The minimum absolute atomic E-state index is 0.0162. The number of benzene rings is 2. The maximum atomic E-state index is 12.8. The minimum Gasteiger partial charge on any atom is -0.463 e. The van der Waals surface area contributed by atoms with Crippen molar-refractivity contribution >= 4 is 23.5 Å². The maximum absolute atomic E-state index is 12.8. The van der Waals surface area contributed by atoms with Crippen LogP contribution in [0, 0.1) is 0 Å². The Hall–Kier alpha value is -3.15. The highest BCUT2D eigenvalue weighted by Crippen LogP contribution is 2.24. The van der Waals surface area contributed by atoms with Gasteiger partial charge >= 0.3 is 5.97 Å². The topological polar surface area (TPSA) is 84.5 Å². The normalized spacial score (nSPS) is 14.0. The van der Waals surface area contributed by atoms with Crippen molar-refractivity contribution in [2.75, 3.05) is 5.32 Å². The molecule has 1 heterocycles. The number of ether oxygens (including phenoxy) is 1. The molecule has 0 fully saturated rings. The Morgan fingerprint density at radius 2 is 1.86 bits per heavy atom. The number of hydrogen-bond donors (Lipinski definition) is 2. The third kappa shape index (κ3) is 4.97. The van der Waals surface area contributed by atoms with Gasteiger partial charge < -0.3 is 15.4 Å². The van der Waals surface area contributed by atoms with Crippen LogP contribution >= 0.6 is 0 Å². The van der Waals surface area contributed by atoms with Crippen molar-refractivity contribution in [1.82, 2.24) is 5.32 Å². The van der Waals surface area contributed by atoms with Gasteiger partial charge in [0.2, 0.25) is 5.91 Å². The number of fused-ring (bicyclic) bond motifs is 1. The van der Waals surface area contributed by atoms with Crippen molar-refractivity contribution in [3.05, 3.63) is 65.2 Å². The zero-order valence-corrected chi connectivity index (χ0v) is 16.0. The summed E-state index contributed by atoms with van der Waals surface area (Å²) in [5.74, 6) is -0.652. The minimum atomic E-state index is -0.490. The van der Waals surface area contributed by atoms with Crippen LogP contribution in [0.4, 0.5) is 5.69 Å². The van der Waals surface area contributed by atoms with E-state index in [0.29, 0.717) is 18.4 Å². The van der Waals surface area contributed by atoms with Crippen LogP contribution in [-0.4, -0.2) is 23.9 Å². The molecular weight excluding hydrogens is 356 g/mol. The lowest BCUT2D eigenvalue weighted by atomic mass is 9.99. The van der Waals surface area contributed by atoms with Gasteiger partial charge in [0.25, 0.3) is 5.91 Å². The molecule has 2 N–H and O–H groups in total. The summed E-state index contributed by atoms with van der Waals surface area (Å²) in [5, 5.41) is 5.75. The lowest BCUT2D eigenvalue weighted by Crippen LogP contribution is -2.31. The van der Waals surface area contributed by atoms with Crippen LogP contribution in [-0.2, 0) is 20.7 Å². The van der Waals surface area contributed by atoms with E-state index in [1.807, 2.05) is 30.3 Å². The van der Waals surface area contributed by atoms with Gasteiger partial charge in [0.15, 0.2) is 0 Å². The predicted octanol–water partition coefficient (Wildman–Crippen LogP) is 3.38. The lowest BCUT2D eigenvalue weighted by Gasteiger charge is -2.21. The number of amides is 2. The molecule has 0 radical (unpaired) electrons. The number of esters is 1. The number of carbonyl (C=O) groups is 3. The van der Waals surface area contributed by atoms with Crippen LogP contribution in [0.3, 0.4) is 0 Å². The second-order valence-corrected chi connectivity index (χ2v) is 7.10. The summed E-state index contributed by atoms with van der Waals surface area (Å²) in [4.78, 5) is 36.5. The van der Waals surface area contributed by atoms with E-state index in [4.69, 9.17) is 4.74 Å². The van der Waals surface area contributed by atoms with Crippen LogP contribution in [0.15, 0.2) is 48.5 Å². The molecule has 0 saturated carbocycles. The van der Waals surface area contributed by atoms with Crippen LogP contribution < -0.4 is 10.6 Å². The zero-order valence-electron chi connectivity index (χ0n) is 16.0. The first kappa shape index (κ1) is 19.6. The summed E-state index contributed by atoms with van der Waals surface area (Å²) in [6.07, 6.45) is 0.849. The Balaban J connectivity index is 1.77. The molecule has 28 heavy (non-hydrogen) atoms. The van der Waals surface area contributed by atoms with E-state index in [2.05, 4.69) is 10.6 Å². The Bertz CT molecular complexity index is 877. The van der Waals surface area contributed by atoms with Crippen molar-refractivity contribution < 1.29 is 19.1 Å². The maximum Gasteiger partial charge on any atom is 0.308 e.